The van der Waals surface area contributed by atoms with Gasteiger partial charge in [-0.3, -0.25) is 9.59 Å². The lowest BCUT2D eigenvalue weighted by Gasteiger charge is -2.13. The minimum absolute atomic E-state index is 0.0916. The van der Waals surface area contributed by atoms with Gasteiger partial charge < -0.3 is 25.0 Å². The molecule has 0 spiro atoms. The minimum atomic E-state index is -0.215. The van der Waals surface area contributed by atoms with Crippen molar-refractivity contribution in [1.29, 1.82) is 0 Å². The van der Waals surface area contributed by atoms with E-state index >= 15 is 0 Å². The first-order valence-electron chi connectivity index (χ1n) is 8.57. The van der Waals surface area contributed by atoms with Gasteiger partial charge in [0.1, 0.15) is 0 Å². The van der Waals surface area contributed by atoms with E-state index in [0.29, 0.717) is 35.8 Å². The molecule has 0 bridgehead atoms. The number of hydrogen-bond acceptors (Lipinski definition) is 5. The zero-order chi connectivity index (χ0) is 20.7. The molecule has 8 heteroatoms. The fourth-order valence-corrected chi connectivity index (χ4v) is 3.24. The first-order valence-corrected chi connectivity index (χ1v) is 9.65. The normalized spacial score (nSPS) is 10.5. The van der Waals surface area contributed by atoms with Crippen molar-refractivity contribution in [3.05, 3.63) is 51.1 Å². The molecule has 2 amide bonds. The van der Waals surface area contributed by atoms with Crippen molar-refractivity contribution in [2.45, 2.75) is 6.54 Å². The molecule has 0 heterocycles. The van der Waals surface area contributed by atoms with Crippen molar-refractivity contribution in [2.24, 2.45) is 0 Å². The first kappa shape index (κ1) is 22.0. The second-order valence-corrected chi connectivity index (χ2v) is 7.52. The fraction of sp³-hybridized carbons (Fsp3) is 0.300. The lowest BCUT2D eigenvalue weighted by Crippen LogP contribution is -2.27. The number of nitrogens with one attached hydrogen (secondary N) is 2. The number of benzene rings is 2. The van der Waals surface area contributed by atoms with E-state index in [-0.39, 0.29) is 11.8 Å². The largest absolute Gasteiger partial charge is 0.493 e. The molecule has 0 atom stereocenters. The number of ether oxygens (including phenoxy) is 2. The third-order valence-electron chi connectivity index (χ3n) is 3.84. The molecule has 0 aliphatic carbocycles. The van der Waals surface area contributed by atoms with E-state index in [9.17, 15) is 9.59 Å². The molecule has 28 heavy (non-hydrogen) atoms. The molecule has 7 nitrogen and oxygen atoms in total. The van der Waals surface area contributed by atoms with E-state index in [4.69, 9.17) is 9.47 Å². The Balaban J connectivity index is 2.05. The van der Waals surface area contributed by atoms with E-state index < -0.39 is 0 Å². The number of rotatable bonds is 8. The van der Waals surface area contributed by atoms with Gasteiger partial charge in [0.25, 0.3) is 5.91 Å². The summed E-state index contributed by atoms with van der Waals surface area (Å²) in [6.07, 6.45) is 0. The molecule has 0 aromatic heterocycles. The Bertz CT molecular complexity index is 855. The molecular weight excluding hydrogens is 473 g/mol. The third-order valence-corrected chi connectivity index (χ3v) is 4.73. The molecule has 0 fully saturated rings. The molecule has 0 radical (unpaired) electrons. The highest BCUT2D eigenvalue weighted by Gasteiger charge is 2.15. The quantitative estimate of drug-likeness (QED) is 0.549. The van der Waals surface area contributed by atoms with Crippen LogP contribution in [0.4, 0.5) is 5.69 Å². The van der Waals surface area contributed by atoms with E-state index in [2.05, 4.69) is 33.2 Å². The molecule has 0 aliphatic rings. The van der Waals surface area contributed by atoms with Gasteiger partial charge in [0, 0.05) is 15.8 Å². The van der Waals surface area contributed by atoms with Gasteiger partial charge in [-0.05, 0) is 66.5 Å². The number of likely N-dealkylation sites (N-methyl/N-ethyl adjacent to an activating group) is 1. The maximum absolute atomic E-state index is 12.6. The molecule has 0 unspecified atom stereocenters. The Hall–Kier alpha value is -2.33. The summed E-state index contributed by atoms with van der Waals surface area (Å²) in [4.78, 5) is 26.3. The number of anilines is 1. The number of halogens is 1. The van der Waals surface area contributed by atoms with Crippen LogP contribution in [-0.4, -0.2) is 51.6 Å². The van der Waals surface area contributed by atoms with Crippen LogP contribution in [0.1, 0.15) is 15.9 Å². The number of methoxy groups -OCH3 is 2. The smallest absolute Gasteiger partial charge is 0.252 e. The van der Waals surface area contributed by atoms with Crippen LogP contribution in [0.2, 0.25) is 0 Å². The van der Waals surface area contributed by atoms with Crippen molar-refractivity contribution in [1.82, 2.24) is 10.2 Å². The summed E-state index contributed by atoms with van der Waals surface area (Å²) in [5.74, 6) is 0.766. The molecule has 2 N–H and O–H groups in total. The topological polar surface area (TPSA) is 79.9 Å². The molecule has 150 valence electrons. The lowest BCUT2D eigenvalue weighted by molar-refractivity contribution is -0.116. The minimum Gasteiger partial charge on any atom is -0.493 e. The Morgan fingerprint density at radius 2 is 1.75 bits per heavy atom. The summed E-state index contributed by atoms with van der Waals surface area (Å²) in [5, 5.41) is 5.74. The van der Waals surface area contributed by atoms with Crippen molar-refractivity contribution in [3.8, 4) is 11.5 Å². The average molecular weight is 497 g/mol. The van der Waals surface area contributed by atoms with Gasteiger partial charge in [-0.15, -0.1) is 0 Å². The summed E-state index contributed by atoms with van der Waals surface area (Å²) < 4.78 is 11.3. The van der Waals surface area contributed by atoms with Crippen molar-refractivity contribution in [2.75, 3.05) is 40.2 Å². The zero-order valence-electron chi connectivity index (χ0n) is 16.3. The maximum Gasteiger partial charge on any atom is 0.252 e. The van der Waals surface area contributed by atoms with Crippen LogP contribution in [-0.2, 0) is 11.3 Å². The van der Waals surface area contributed by atoms with Crippen LogP contribution >= 0.6 is 22.6 Å². The van der Waals surface area contributed by atoms with Crippen LogP contribution in [0.3, 0.4) is 0 Å². The highest BCUT2D eigenvalue weighted by molar-refractivity contribution is 14.1. The predicted molar refractivity (Wildman–Crippen MR) is 117 cm³/mol. The molecular formula is C20H24IN3O4. The van der Waals surface area contributed by atoms with Crippen molar-refractivity contribution < 1.29 is 19.1 Å². The van der Waals surface area contributed by atoms with Gasteiger partial charge in [-0.25, -0.2) is 0 Å². The van der Waals surface area contributed by atoms with Gasteiger partial charge in [0.2, 0.25) is 5.91 Å². The predicted octanol–water partition coefficient (Wildman–Crippen LogP) is 2.74. The molecule has 0 saturated heterocycles. The van der Waals surface area contributed by atoms with Crippen LogP contribution in [0.25, 0.3) is 0 Å². The summed E-state index contributed by atoms with van der Waals surface area (Å²) in [5.41, 5.74) is 2.08. The Morgan fingerprint density at radius 3 is 2.39 bits per heavy atom. The first-order chi connectivity index (χ1) is 13.3. The Morgan fingerprint density at radius 1 is 1.07 bits per heavy atom. The molecule has 2 aromatic carbocycles. The SMILES string of the molecule is COc1cc(I)c(C(=O)NCc2cccc(NC(=O)CN(C)C)c2)cc1OC. The second kappa shape index (κ2) is 10.3. The molecule has 2 rings (SSSR count). The van der Waals surface area contributed by atoms with Crippen LogP contribution < -0.4 is 20.1 Å². The number of amides is 2. The van der Waals surface area contributed by atoms with Gasteiger partial charge >= 0.3 is 0 Å². The van der Waals surface area contributed by atoms with Crippen molar-refractivity contribution >= 4 is 40.1 Å². The Kier molecular flexibility index (Phi) is 8.06. The number of hydrogen-bond donors (Lipinski definition) is 2. The van der Waals surface area contributed by atoms with E-state index in [1.807, 2.05) is 38.4 Å². The Labute approximate surface area is 178 Å². The monoisotopic (exact) mass is 497 g/mol. The number of carbonyl (C=O) groups excluding carboxylic acids is 2. The zero-order valence-corrected chi connectivity index (χ0v) is 18.5. The highest BCUT2D eigenvalue weighted by Crippen LogP contribution is 2.31. The number of nitrogens with zero attached hydrogens (tertiary/aromatic N) is 1. The second-order valence-electron chi connectivity index (χ2n) is 6.36. The standard InChI is InChI=1S/C20H24IN3O4/c1-24(2)12-19(25)23-14-7-5-6-13(8-14)11-22-20(26)15-9-17(27-3)18(28-4)10-16(15)21/h5-10H,11-12H2,1-4H3,(H,22,26)(H,23,25). The van der Waals surface area contributed by atoms with Gasteiger partial charge in [-0.1, -0.05) is 12.1 Å². The van der Waals surface area contributed by atoms with E-state index in [1.54, 1.807) is 24.1 Å². The highest BCUT2D eigenvalue weighted by atomic mass is 127. The molecule has 0 aliphatic heterocycles. The number of carbonyl (C=O) groups is 2. The fourth-order valence-electron chi connectivity index (χ4n) is 2.55. The van der Waals surface area contributed by atoms with Gasteiger partial charge in [0.05, 0.1) is 26.3 Å². The third kappa shape index (κ3) is 6.10. The van der Waals surface area contributed by atoms with Gasteiger partial charge in [0.15, 0.2) is 11.5 Å². The van der Waals surface area contributed by atoms with Crippen LogP contribution in [0.5, 0.6) is 11.5 Å². The lowest BCUT2D eigenvalue weighted by atomic mass is 10.1. The maximum atomic E-state index is 12.6. The summed E-state index contributed by atoms with van der Waals surface area (Å²) in [6.45, 7) is 0.638. The average Bonchev–Trinajstić information content (AvgIpc) is 2.65. The van der Waals surface area contributed by atoms with E-state index in [0.717, 1.165) is 9.13 Å². The van der Waals surface area contributed by atoms with Crippen LogP contribution in [0, 0.1) is 3.57 Å². The van der Waals surface area contributed by atoms with Crippen molar-refractivity contribution in [3.63, 3.8) is 0 Å². The van der Waals surface area contributed by atoms with Crippen LogP contribution in [0.15, 0.2) is 36.4 Å². The molecule has 2 aromatic rings. The van der Waals surface area contributed by atoms with Gasteiger partial charge in [-0.2, -0.15) is 0 Å². The van der Waals surface area contributed by atoms with E-state index in [1.165, 1.54) is 7.11 Å². The summed E-state index contributed by atoms with van der Waals surface area (Å²) >= 11 is 2.09. The summed E-state index contributed by atoms with van der Waals surface area (Å²) in [6, 6.07) is 10.8. The molecule has 0 saturated carbocycles. The summed E-state index contributed by atoms with van der Waals surface area (Å²) in [7, 11) is 6.75.